The number of hydrogen-bond acceptors (Lipinski definition) is 0. The molecule has 0 saturated heterocycles. The van der Waals surface area contributed by atoms with Crippen LogP contribution in [-0.2, 0) is 0 Å². The van der Waals surface area contributed by atoms with Crippen molar-refractivity contribution in [2.24, 2.45) is 0 Å². The molecule has 0 saturated carbocycles. The van der Waals surface area contributed by atoms with E-state index < -0.39 is 0 Å². The third-order valence-corrected chi connectivity index (χ3v) is 1.27. The molecule has 42 valence electrons. The fourth-order valence-electron chi connectivity index (χ4n) is 0.263. The first-order valence-corrected chi connectivity index (χ1v) is 4.21. The van der Waals surface area contributed by atoms with Gasteiger partial charge in [0.1, 0.15) is 0 Å². The van der Waals surface area contributed by atoms with Gasteiger partial charge in [-0.1, -0.05) is 44.1 Å². The number of halogens is 2. The third-order valence-electron chi connectivity index (χ3n) is 0.503. The van der Waals surface area contributed by atoms with Crippen molar-refractivity contribution in [1.29, 1.82) is 0 Å². The van der Waals surface area contributed by atoms with E-state index in [0.717, 1.165) is 6.42 Å². The van der Waals surface area contributed by atoms with Crippen molar-refractivity contribution in [3.05, 3.63) is 12.2 Å². The maximum atomic E-state index is 3.76. The van der Waals surface area contributed by atoms with E-state index in [2.05, 4.69) is 45.1 Å². The Morgan fingerprint density at radius 3 is 2.43 bits per heavy atom. The molecule has 0 fully saturated rings. The van der Waals surface area contributed by atoms with Crippen LogP contribution in [-0.4, -0.2) is 2.83 Å². The molecule has 0 spiro atoms. The SMILES string of the molecule is C=C(C)CC(Br)I. The van der Waals surface area contributed by atoms with Crippen LogP contribution in [0.5, 0.6) is 0 Å². The average molecular weight is 275 g/mol. The van der Waals surface area contributed by atoms with Crippen LogP contribution < -0.4 is 0 Å². The van der Waals surface area contributed by atoms with Crippen molar-refractivity contribution in [2.75, 3.05) is 0 Å². The summed E-state index contributed by atoms with van der Waals surface area (Å²) in [5, 5.41) is 0. The van der Waals surface area contributed by atoms with Crippen LogP contribution >= 0.6 is 38.5 Å². The van der Waals surface area contributed by atoms with Crippen LogP contribution in [0.1, 0.15) is 13.3 Å². The van der Waals surface area contributed by atoms with E-state index in [1.54, 1.807) is 0 Å². The monoisotopic (exact) mass is 274 g/mol. The van der Waals surface area contributed by atoms with Crippen LogP contribution in [0.2, 0.25) is 0 Å². The molecule has 0 aromatic carbocycles. The van der Waals surface area contributed by atoms with E-state index in [1.807, 2.05) is 6.92 Å². The van der Waals surface area contributed by atoms with Gasteiger partial charge in [0.15, 0.2) is 0 Å². The van der Waals surface area contributed by atoms with Gasteiger partial charge in [-0.05, 0) is 13.3 Å². The molecule has 0 N–H and O–H groups in total. The molecule has 0 rings (SSSR count). The first-order valence-electron chi connectivity index (χ1n) is 2.05. The summed E-state index contributed by atoms with van der Waals surface area (Å²) in [6.07, 6.45) is 1.07. The van der Waals surface area contributed by atoms with Crippen molar-refractivity contribution >= 4 is 38.5 Å². The Balaban J connectivity index is 3.13. The Labute approximate surface area is 66.6 Å². The highest BCUT2D eigenvalue weighted by Crippen LogP contribution is 2.16. The number of alkyl halides is 2. The Morgan fingerprint density at radius 2 is 2.43 bits per heavy atom. The molecule has 0 aliphatic heterocycles. The minimum absolute atomic E-state index is 0.558. The van der Waals surface area contributed by atoms with Gasteiger partial charge in [0.05, 0.1) is 2.83 Å². The summed E-state index contributed by atoms with van der Waals surface area (Å²) < 4.78 is 0.558. The Bertz CT molecular complexity index is 68.5. The number of hydrogen-bond donors (Lipinski definition) is 0. The topological polar surface area (TPSA) is 0 Å². The molecular weight excluding hydrogens is 267 g/mol. The maximum Gasteiger partial charge on any atom is 0.0699 e. The second kappa shape index (κ2) is 3.89. The van der Waals surface area contributed by atoms with Crippen LogP contribution in [0.25, 0.3) is 0 Å². The van der Waals surface area contributed by atoms with Gasteiger partial charge in [-0.25, -0.2) is 0 Å². The lowest BCUT2D eigenvalue weighted by molar-refractivity contribution is 1.12. The van der Waals surface area contributed by atoms with Crippen LogP contribution in [0.4, 0.5) is 0 Å². The summed E-state index contributed by atoms with van der Waals surface area (Å²) in [4.78, 5) is 0. The molecule has 1 unspecified atom stereocenters. The number of allylic oxidation sites excluding steroid dienone is 1. The molecule has 0 aromatic heterocycles. The molecule has 0 aliphatic carbocycles. The van der Waals surface area contributed by atoms with Gasteiger partial charge in [0.2, 0.25) is 0 Å². The Kier molecular flexibility index (Phi) is 4.42. The van der Waals surface area contributed by atoms with Crippen LogP contribution in [0.3, 0.4) is 0 Å². The molecule has 0 nitrogen and oxygen atoms in total. The van der Waals surface area contributed by atoms with Gasteiger partial charge in [0, 0.05) is 0 Å². The molecule has 0 amide bonds. The summed E-state index contributed by atoms with van der Waals surface area (Å²) in [5.74, 6) is 0. The van der Waals surface area contributed by atoms with Crippen LogP contribution in [0.15, 0.2) is 12.2 Å². The predicted octanol–water partition coefficient (Wildman–Crippen LogP) is 3.11. The summed E-state index contributed by atoms with van der Waals surface area (Å²) in [6, 6.07) is 0. The standard InChI is InChI=1S/C5H8BrI/c1-4(2)3-5(6)7/h5H,1,3H2,2H3. The Morgan fingerprint density at radius 1 is 2.00 bits per heavy atom. The van der Waals surface area contributed by atoms with Gasteiger partial charge < -0.3 is 0 Å². The summed E-state index contributed by atoms with van der Waals surface area (Å²) in [5.41, 5.74) is 1.23. The smallest absolute Gasteiger partial charge is 0.0699 e. The van der Waals surface area contributed by atoms with Gasteiger partial charge in [-0.3, -0.25) is 0 Å². The third kappa shape index (κ3) is 6.95. The normalized spacial score (nSPS) is 13.6. The van der Waals surface area contributed by atoms with E-state index >= 15 is 0 Å². The summed E-state index contributed by atoms with van der Waals surface area (Å²) in [6.45, 7) is 5.80. The lowest BCUT2D eigenvalue weighted by atomic mass is 10.3. The van der Waals surface area contributed by atoms with E-state index in [4.69, 9.17) is 0 Å². The molecule has 0 aromatic rings. The van der Waals surface area contributed by atoms with E-state index in [1.165, 1.54) is 5.57 Å². The van der Waals surface area contributed by atoms with Gasteiger partial charge in [0.25, 0.3) is 0 Å². The Hall–Kier alpha value is 0.950. The zero-order valence-corrected chi connectivity index (χ0v) is 7.99. The molecule has 0 radical (unpaired) electrons. The second-order valence-electron chi connectivity index (χ2n) is 1.55. The molecule has 7 heavy (non-hydrogen) atoms. The minimum Gasteiger partial charge on any atom is -0.100 e. The molecule has 0 heterocycles. The summed E-state index contributed by atoms with van der Waals surface area (Å²) in [7, 11) is 0. The van der Waals surface area contributed by atoms with Crippen molar-refractivity contribution in [3.8, 4) is 0 Å². The van der Waals surface area contributed by atoms with Crippen molar-refractivity contribution in [3.63, 3.8) is 0 Å². The van der Waals surface area contributed by atoms with Gasteiger partial charge in [-0.15, -0.1) is 6.58 Å². The van der Waals surface area contributed by atoms with E-state index in [0.29, 0.717) is 2.83 Å². The lowest BCUT2D eigenvalue weighted by Gasteiger charge is -1.96. The largest absolute Gasteiger partial charge is 0.100 e. The zero-order chi connectivity index (χ0) is 5.86. The first-order chi connectivity index (χ1) is 3.13. The summed E-state index contributed by atoms with van der Waals surface area (Å²) >= 11 is 5.71. The zero-order valence-electron chi connectivity index (χ0n) is 4.25. The van der Waals surface area contributed by atoms with Crippen molar-refractivity contribution in [2.45, 2.75) is 16.2 Å². The van der Waals surface area contributed by atoms with Gasteiger partial charge >= 0.3 is 0 Å². The van der Waals surface area contributed by atoms with E-state index in [-0.39, 0.29) is 0 Å². The maximum absolute atomic E-state index is 3.76. The highest BCUT2D eigenvalue weighted by atomic mass is 127. The molecule has 2 heteroatoms. The quantitative estimate of drug-likeness (QED) is 0.412. The molecular formula is C5H8BrI. The fourth-order valence-corrected chi connectivity index (χ4v) is 1.57. The van der Waals surface area contributed by atoms with Crippen molar-refractivity contribution in [1.82, 2.24) is 0 Å². The fraction of sp³-hybridized carbons (Fsp3) is 0.600. The number of rotatable bonds is 2. The van der Waals surface area contributed by atoms with E-state index in [9.17, 15) is 0 Å². The highest BCUT2D eigenvalue weighted by molar-refractivity contribution is 14.1. The molecule has 0 bridgehead atoms. The average Bonchev–Trinajstić information content (AvgIpc) is 1.27. The predicted molar refractivity (Wildman–Crippen MR) is 46.2 cm³/mol. The molecule has 1 atom stereocenters. The highest BCUT2D eigenvalue weighted by Gasteiger charge is 1.94. The molecule has 0 aliphatic rings. The minimum atomic E-state index is 0.558. The van der Waals surface area contributed by atoms with Crippen LogP contribution in [0, 0.1) is 0 Å². The van der Waals surface area contributed by atoms with Gasteiger partial charge in [-0.2, -0.15) is 0 Å². The van der Waals surface area contributed by atoms with Crippen molar-refractivity contribution < 1.29 is 0 Å². The first kappa shape index (κ1) is 7.95. The second-order valence-corrected chi connectivity index (χ2v) is 5.87. The lowest BCUT2D eigenvalue weighted by Crippen LogP contribution is -1.82.